The summed E-state index contributed by atoms with van der Waals surface area (Å²) in [5.41, 5.74) is 0.321. The average Bonchev–Trinajstić information content (AvgIpc) is 3.31. The number of halogens is 2. The first-order valence-electron chi connectivity index (χ1n) is 10.9. The lowest BCUT2D eigenvalue weighted by Crippen LogP contribution is -2.54. The zero-order chi connectivity index (χ0) is 23.9. The summed E-state index contributed by atoms with van der Waals surface area (Å²) in [7, 11) is 0. The van der Waals surface area contributed by atoms with E-state index in [1.54, 1.807) is 29.6 Å². The SMILES string of the molecule is O=C(Nc1ccccc1F)N[C@@H]1CCCC[C@@H]1NC(=O)c1csc(COc2ccccc2F)n1. The molecule has 10 heteroatoms. The number of ether oxygens (including phenoxy) is 1. The van der Waals surface area contributed by atoms with E-state index in [1.165, 1.54) is 35.6 Å². The van der Waals surface area contributed by atoms with Crippen LogP contribution in [-0.2, 0) is 6.61 Å². The summed E-state index contributed by atoms with van der Waals surface area (Å²) in [5.74, 6) is -1.23. The number of nitrogens with zero attached hydrogens (tertiary/aromatic N) is 1. The second-order valence-electron chi connectivity index (χ2n) is 7.89. The fraction of sp³-hybridized carbons (Fsp3) is 0.292. The third-order valence-electron chi connectivity index (χ3n) is 5.49. The molecule has 1 aromatic heterocycles. The van der Waals surface area contributed by atoms with Gasteiger partial charge in [0, 0.05) is 11.4 Å². The molecule has 0 saturated heterocycles. The maximum Gasteiger partial charge on any atom is 0.319 e. The predicted octanol–water partition coefficient (Wildman–Crippen LogP) is 4.86. The van der Waals surface area contributed by atoms with Crippen LogP contribution in [0.3, 0.4) is 0 Å². The zero-order valence-corrected chi connectivity index (χ0v) is 19.0. The molecule has 0 aliphatic heterocycles. The summed E-state index contributed by atoms with van der Waals surface area (Å²) >= 11 is 1.24. The Kier molecular flexibility index (Phi) is 7.69. The van der Waals surface area contributed by atoms with Crippen molar-refractivity contribution >= 4 is 29.0 Å². The normalized spacial score (nSPS) is 17.6. The number of nitrogens with one attached hydrogen (secondary N) is 3. The lowest BCUT2D eigenvalue weighted by Gasteiger charge is -2.32. The smallest absolute Gasteiger partial charge is 0.319 e. The largest absolute Gasteiger partial charge is 0.483 e. The molecular formula is C24H24F2N4O3S. The number of rotatable bonds is 7. The molecule has 0 bridgehead atoms. The Bertz CT molecular complexity index is 1160. The van der Waals surface area contributed by atoms with Gasteiger partial charge in [-0.25, -0.2) is 18.6 Å². The first kappa shape index (κ1) is 23.6. The van der Waals surface area contributed by atoms with E-state index in [-0.39, 0.29) is 41.7 Å². The van der Waals surface area contributed by atoms with Gasteiger partial charge in [-0.1, -0.05) is 37.1 Å². The van der Waals surface area contributed by atoms with Gasteiger partial charge < -0.3 is 20.7 Å². The number of aromatic nitrogens is 1. The molecule has 178 valence electrons. The number of thiazole rings is 1. The van der Waals surface area contributed by atoms with Crippen LogP contribution in [0.2, 0.25) is 0 Å². The lowest BCUT2D eigenvalue weighted by molar-refractivity contribution is 0.0911. The van der Waals surface area contributed by atoms with E-state index in [4.69, 9.17) is 4.74 Å². The molecule has 1 heterocycles. The van der Waals surface area contributed by atoms with Crippen molar-refractivity contribution in [2.75, 3.05) is 5.32 Å². The molecule has 34 heavy (non-hydrogen) atoms. The van der Waals surface area contributed by atoms with Gasteiger partial charge in [-0.15, -0.1) is 11.3 Å². The summed E-state index contributed by atoms with van der Waals surface area (Å²) in [6.07, 6.45) is 3.21. The van der Waals surface area contributed by atoms with Gasteiger partial charge in [0.15, 0.2) is 11.6 Å². The summed E-state index contributed by atoms with van der Waals surface area (Å²) in [4.78, 5) is 29.5. The van der Waals surface area contributed by atoms with Gasteiger partial charge >= 0.3 is 6.03 Å². The number of carbonyl (C=O) groups excluding carboxylic acids is 2. The van der Waals surface area contributed by atoms with E-state index in [0.717, 1.165) is 12.8 Å². The average molecular weight is 487 g/mol. The highest BCUT2D eigenvalue weighted by molar-refractivity contribution is 7.09. The predicted molar refractivity (Wildman–Crippen MR) is 125 cm³/mol. The monoisotopic (exact) mass is 486 g/mol. The van der Waals surface area contributed by atoms with Crippen molar-refractivity contribution in [1.29, 1.82) is 0 Å². The number of hydrogen-bond donors (Lipinski definition) is 3. The third kappa shape index (κ3) is 6.07. The molecule has 0 radical (unpaired) electrons. The molecule has 0 unspecified atom stereocenters. The molecule has 1 saturated carbocycles. The second kappa shape index (κ2) is 11.1. The van der Waals surface area contributed by atoms with Crippen LogP contribution in [0.1, 0.15) is 41.2 Å². The Morgan fingerprint density at radius 2 is 1.65 bits per heavy atom. The summed E-state index contributed by atoms with van der Waals surface area (Å²) in [6.45, 7) is 0.0444. The standard InChI is InChI=1S/C24H24F2N4O3S/c25-15-7-1-3-9-17(15)29-24(32)30-19-11-5-4-10-18(19)28-23(31)20-14-34-22(27-20)13-33-21-12-6-2-8-16(21)26/h1-3,6-9,12,14,18-19H,4-5,10-11,13H2,(H,28,31)(H2,29,30,32)/t18-,19+/m0/s1. The number of benzene rings is 2. The van der Waals surface area contributed by atoms with Crippen LogP contribution in [0.5, 0.6) is 5.75 Å². The number of hydrogen-bond acceptors (Lipinski definition) is 5. The quantitative estimate of drug-likeness (QED) is 0.445. The molecule has 3 N–H and O–H groups in total. The van der Waals surface area contributed by atoms with Crippen LogP contribution in [0.25, 0.3) is 0 Å². The Morgan fingerprint density at radius 1 is 0.971 bits per heavy atom. The Hall–Kier alpha value is -3.53. The number of urea groups is 1. The van der Waals surface area contributed by atoms with E-state index < -0.39 is 17.7 Å². The number of carbonyl (C=O) groups is 2. The Morgan fingerprint density at radius 3 is 2.38 bits per heavy atom. The van der Waals surface area contributed by atoms with Crippen LogP contribution in [0.4, 0.5) is 19.3 Å². The van der Waals surface area contributed by atoms with Crippen LogP contribution in [-0.4, -0.2) is 29.0 Å². The first-order chi connectivity index (χ1) is 16.5. The van der Waals surface area contributed by atoms with Crippen molar-refractivity contribution in [3.63, 3.8) is 0 Å². The van der Waals surface area contributed by atoms with Crippen LogP contribution < -0.4 is 20.7 Å². The molecule has 1 fully saturated rings. The fourth-order valence-corrected chi connectivity index (χ4v) is 4.48. The molecule has 1 aliphatic carbocycles. The minimum Gasteiger partial charge on any atom is -0.483 e. The maximum atomic E-state index is 13.8. The van der Waals surface area contributed by atoms with E-state index in [0.29, 0.717) is 17.8 Å². The summed E-state index contributed by atoms with van der Waals surface area (Å²) in [6, 6.07) is 10.9. The lowest BCUT2D eigenvalue weighted by atomic mass is 9.90. The third-order valence-corrected chi connectivity index (χ3v) is 6.32. The Labute approximate surface area is 199 Å². The van der Waals surface area contributed by atoms with E-state index in [1.807, 2.05) is 0 Å². The number of anilines is 1. The molecule has 2 aromatic carbocycles. The first-order valence-corrected chi connectivity index (χ1v) is 11.8. The van der Waals surface area contributed by atoms with Crippen molar-refractivity contribution in [2.24, 2.45) is 0 Å². The highest BCUT2D eigenvalue weighted by Crippen LogP contribution is 2.21. The van der Waals surface area contributed by atoms with Gasteiger partial charge in [-0.05, 0) is 37.1 Å². The van der Waals surface area contributed by atoms with E-state index >= 15 is 0 Å². The van der Waals surface area contributed by atoms with E-state index in [2.05, 4.69) is 20.9 Å². The Balaban J connectivity index is 1.32. The molecule has 1 aliphatic rings. The highest BCUT2D eigenvalue weighted by atomic mass is 32.1. The van der Waals surface area contributed by atoms with Gasteiger partial charge in [0.1, 0.15) is 23.1 Å². The molecule has 2 atom stereocenters. The maximum absolute atomic E-state index is 13.8. The van der Waals surface area contributed by atoms with Crippen LogP contribution >= 0.6 is 11.3 Å². The van der Waals surface area contributed by atoms with Crippen molar-refractivity contribution in [3.05, 3.63) is 76.2 Å². The van der Waals surface area contributed by atoms with E-state index in [9.17, 15) is 18.4 Å². The molecule has 3 amide bonds. The zero-order valence-electron chi connectivity index (χ0n) is 18.2. The molecule has 3 aromatic rings. The molecule has 7 nitrogen and oxygen atoms in total. The number of amides is 3. The van der Waals surface area contributed by atoms with Crippen molar-refractivity contribution in [1.82, 2.24) is 15.6 Å². The van der Waals surface area contributed by atoms with Crippen molar-refractivity contribution < 1.29 is 23.1 Å². The topological polar surface area (TPSA) is 92.4 Å². The molecule has 0 spiro atoms. The van der Waals surface area contributed by atoms with Crippen LogP contribution in [0.15, 0.2) is 53.9 Å². The van der Waals surface area contributed by atoms with Crippen LogP contribution in [0, 0.1) is 11.6 Å². The van der Waals surface area contributed by atoms with Gasteiger partial charge in [-0.2, -0.15) is 0 Å². The second-order valence-corrected chi connectivity index (χ2v) is 8.84. The summed E-state index contributed by atoms with van der Waals surface area (Å²) < 4.78 is 32.9. The van der Waals surface area contributed by atoms with Gasteiger partial charge in [0.2, 0.25) is 0 Å². The minimum absolute atomic E-state index is 0.0444. The number of para-hydroxylation sites is 2. The highest BCUT2D eigenvalue weighted by Gasteiger charge is 2.29. The van der Waals surface area contributed by atoms with Crippen molar-refractivity contribution in [2.45, 2.75) is 44.4 Å². The van der Waals surface area contributed by atoms with Gasteiger partial charge in [0.05, 0.1) is 11.7 Å². The van der Waals surface area contributed by atoms with Gasteiger partial charge in [-0.3, -0.25) is 4.79 Å². The molecule has 4 rings (SSSR count). The molecular weight excluding hydrogens is 462 g/mol. The minimum atomic E-state index is -0.530. The fourth-order valence-electron chi connectivity index (χ4n) is 3.79. The van der Waals surface area contributed by atoms with Gasteiger partial charge in [0.25, 0.3) is 5.91 Å². The van der Waals surface area contributed by atoms with Crippen molar-refractivity contribution in [3.8, 4) is 5.75 Å². The summed E-state index contributed by atoms with van der Waals surface area (Å²) in [5, 5.41) is 10.5.